The van der Waals surface area contributed by atoms with Crippen LogP contribution in [-0.2, 0) is 9.84 Å². The summed E-state index contributed by atoms with van der Waals surface area (Å²) in [7, 11) is -2.94. The normalized spacial score (nSPS) is 13.8. The molecule has 0 saturated carbocycles. The van der Waals surface area contributed by atoms with Crippen LogP contribution < -0.4 is 5.73 Å². The smallest absolute Gasteiger partial charge is 0.147 e. The van der Waals surface area contributed by atoms with E-state index in [1.807, 2.05) is 13.0 Å². The molecule has 0 bridgehead atoms. The van der Waals surface area contributed by atoms with Crippen LogP contribution in [0.2, 0.25) is 0 Å². The minimum atomic E-state index is -2.94. The highest BCUT2D eigenvalue weighted by Gasteiger charge is 2.11. The van der Waals surface area contributed by atoms with Crippen LogP contribution in [0.4, 0.5) is 0 Å². The van der Waals surface area contributed by atoms with Gasteiger partial charge in [-0.25, -0.2) is 8.42 Å². The van der Waals surface area contributed by atoms with E-state index < -0.39 is 9.84 Å². The van der Waals surface area contributed by atoms with Crippen molar-refractivity contribution in [3.63, 3.8) is 0 Å². The van der Waals surface area contributed by atoms with Gasteiger partial charge in [0.05, 0.1) is 5.75 Å². The minimum absolute atomic E-state index is 0.114. The van der Waals surface area contributed by atoms with Gasteiger partial charge in [0, 0.05) is 24.7 Å². The zero-order chi connectivity index (χ0) is 11.5. The number of hydrogen-bond acceptors (Lipinski definition) is 4. The summed E-state index contributed by atoms with van der Waals surface area (Å²) in [5.74, 6) is 0.114. The number of hydrogen-bond donors (Lipinski definition) is 1. The Morgan fingerprint density at radius 3 is 2.73 bits per heavy atom. The van der Waals surface area contributed by atoms with Crippen LogP contribution in [0.5, 0.6) is 0 Å². The van der Waals surface area contributed by atoms with Crippen molar-refractivity contribution in [1.82, 2.24) is 4.98 Å². The van der Waals surface area contributed by atoms with Gasteiger partial charge in [-0.1, -0.05) is 0 Å². The maximum absolute atomic E-state index is 11.0. The molecule has 4 nitrogen and oxygen atoms in total. The molecular weight excluding hydrogens is 212 g/mol. The van der Waals surface area contributed by atoms with Crippen molar-refractivity contribution in [2.75, 3.05) is 12.0 Å². The lowest BCUT2D eigenvalue weighted by Gasteiger charge is -2.13. The van der Waals surface area contributed by atoms with Crippen LogP contribution in [-0.4, -0.2) is 25.4 Å². The van der Waals surface area contributed by atoms with E-state index in [-0.39, 0.29) is 11.8 Å². The fourth-order valence-electron chi connectivity index (χ4n) is 1.36. The maximum atomic E-state index is 11.0. The highest BCUT2D eigenvalue weighted by molar-refractivity contribution is 7.90. The van der Waals surface area contributed by atoms with E-state index in [0.29, 0.717) is 6.42 Å². The van der Waals surface area contributed by atoms with Crippen LogP contribution in [0.3, 0.4) is 0 Å². The summed E-state index contributed by atoms with van der Waals surface area (Å²) in [4.78, 5) is 3.98. The standard InChI is InChI=1S/C10H16N2O2S/c1-8-3-5-12-7-9(8)10(11)4-6-15(2,13)14/h3,5,7,10H,4,6,11H2,1-2H3. The molecule has 0 aromatic carbocycles. The van der Waals surface area contributed by atoms with Gasteiger partial charge in [0.15, 0.2) is 0 Å². The number of nitrogens with two attached hydrogens (primary N) is 1. The molecule has 84 valence electrons. The molecule has 1 unspecified atom stereocenters. The number of rotatable bonds is 4. The highest BCUT2D eigenvalue weighted by Crippen LogP contribution is 2.17. The Bertz CT molecular complexity index is 429. The molecule has 0 aliphatic rings. The molecule has 1 aromatic heterocycles. The minimum Gasteiger partial charge on any atom is -0.324 e. The molecule has 0 aliphatic heterocycles. The van der Waals surface area contributed by atoms with Crippen molar-refractivity contribution in [2.24, 2.45) is 5.73 Å². The Balaban J connectivity index is 2.70. The van der Waals surface area contributed by atoms with E-state index in [4.69, 9.17) is 5.73 Å². The van der Waals surface area contributed by atoms with E-state index >= 15 is 0 Å². The third-order valence-electron chi connectivity index (χ3n) is 2.28. The average Bonchev–Trinajstić information content (AvgIpc) is 2.14. The summed E-state index contributed by atoms with van der Waals surface area (Å²) < 4.78 is 22.0. The van der Waals surface area contributed by atoms with Gasteiger partial charge in [-0.2, -0.15) is 0 Å². The van der Waals surface area contributed by atoms with Gasteiger partial charge in [0.1, 0.15) is 9.84 Å². The predicted octanol–water partition coefficient (Wildman–Crippen LogP) is 0.825. The molecule has 1 rings (SSSR count). The molecule has 0 amide bonds. The van der Waals surface area contributed by atoms with Gasteiger partial charge < -0.3 is 5.73 Å². The first-order chi connectivity index (χ1) is 6.90. The van der Waals surface area contributed by atoms with E-state index in [1.165, 1.54) is 6.26 Å². The Hall–Kier alpha value is -0.940. The molecule has 0 radical (unpaired) electrons. The van der Waals surface area contributed by atoms with E-state index in [9.17, 15) is 8.42 Å². The van der Waals surface area contributed by atoms with Gasteiger partial charge in [-0.05, 0) is 30.5 Å². The molecule has 5 heteroatoms. The molecule has 1 atom stereocenters. The number of aryl methyl sites for hydroxylation is 1. The van der Waals surface area contributed by atoms with E-state index in [2.05, 4.69) is 4.98 Å². The summed E-state index contributed by atoms with van der Waals surface area (Å²) in [6.07, 6.45) is 5.05. The maximum Gasteiger partial charge on any atom is 0.147 e. The average molecular weight is 228 g/mol. The van der Waals surface area contributed by atoms with Gasteiger partial charge in [-0.3, -0.25) is 4.98 Å². The zero-order valence-electron chi connectivity index (χ0n) is 8.97. The second-order valence-electron chi connectivity index (χ2n) is 3.76. The predicted molar refractivity (Wildman–Crippen MR) is 60.2 cm³/mol. The van der Waals surface area contributed by atoms with Crippen LogP contribution in [0, 0.1) is 6.92 Å². The first-order valence-electron chi connectivity index (χ1n) is 4.74. The third kappa shape index (κ3) is 3.97. The number of nitrogens with zero attached hydrogens (tertiary/aromatic N) is 1. The lowest BCUT2D eigenvalue weighted by atomic mass is 10.0. The quantitative estimate of drug-likeness (QED) is 0.828. The summed E-state index contributed by atoms with van der Waals surface area (Å²) in [5, 5.41) is 0. The molecule has 1 aromatic rings. The second kappa shape index (κ2) is 4.72. The lowest BCUT2D eigenvalue weighted by molar-refractivity contribution is 0.591. The van der Waals surface area contributed by atoms with Crippen LogP contribution in [0.15, 0.2) is 18.5 Å². The first kappa shape index (κ1) is 12.1. The summed E-state index contributed by atoms with van der Waals surface area (Å²) >= 11 is 0. The van der Waals surface area contributed by atoms with Crippen molar-refractivity contribution < 1.29 is 8.42 Å². The fraction of sp³-hybridized carbons (Fsp3) is 0.500. The van der Waals surface area contributed by atoms with Gasteiger partial charge in [0.25, 0.3) is 0 Å². The number of aromatic nitrogens is 1. The summed E-state index contributed by atoms with van der Waals surface area (Å²) in [6, 6.07) is 1.61. The topological polar surface area (TPSA) is 73.0 Å². The summed E-state index contributed by atoms with van der Waals surface area (Å²) in [5.41, 5.74) is 7.86. The van der Waals surface area contributed by atoms with Crippen LogP contribution in [0.25, 0.3) is 0 Å². The van der Waals surface area contributed by atoms with Crippen molar-refractivity contribution >= 4 is 9.84 Å². The molecule has 2 N–H and O–H groups in total. The zero-order valence-corrected chi connectivity index (χ0v) is 9.79. The molecule has 0 spiro atoms. The Morgan fingerprint density at radius 1 is 1.53 bits per heavy atom. The van der Waals surface area contributed by atoms with Crippen molar-refractivity contribution in [3.05, 3.63) is 29.6 Å². The SMILES string of the molecule is Cc1ccncc1C(N)CCS(C)(=O)=O. The molecule has 0 aliphatic carbocycles. The Labute approximate surface area is 90.4 Å². The van der Waals surface area contributed by atoms with Gasteiger partial charge in [0.2, 0.25) is 0 Å². The second-order valence-corrected chi connectivity index (χ2v) is 6.02. The molecule has 1 heterocycles. The van der Waals surface area contributed by atoms with E-state index in [1.54, 1.807) is 12.4 Å². The van der Waals surface area contributed by atoms with Crippen molar-refractivity contribution in [3.8, 4) is 0 Å². The summed E-state index contributed by atoms with van der Waals surface area (Å²) in [6.45, 7) is 1.94. The number of sulfone groups is 1. The largest absolute Gasteiger partial charge is 0.324 e. The highest BCUT2D eigenvalue weighted by atomic mass is 32.2. The molecule has 15 heavy (non-hydrogen) atoms. The van der Waals surface area contributed by atoms with Gasteiger partial charge in [-0.15, -0.1) is 0 Å². The Morgan fingerprint density at radius 2 is 2.20 bits per heavy atom. The van der Waals surface area contributed by atoms with Crippen LogP contribution >= 0.6 is 0 Å². The van der Waals surface area contributed by atoms with Gasteiger partial charge >= 0.3 is 0 Å². The lowest BCUT2D eigenvalue weighted by Crippen LogP contribution is -2.16. The van der Waals surface area contributed by atoms with E-state index in [0.717, 1.165) is 11.1 Å². The molecular formula is C10H16N2O2S. The first-order valence-corrected chi connectivity index (χ1v) is 6.80. The number of pyridine rings is 1. The monoisotopic (exact) mass is 228 g/mol. The fourth-order valence-corrected chi connectivity index (χ4v) is 2.04. The molecule has 0 saturated heterocycles. The Kier molecular flexibility index (Phi) is 3.82. The third-order valence-corrected chi connectivity index (χ3v) is 3.26. The van der Waals surface area contributed by atoms with Crippen molar-refractivity contribution in [2.45, 2.75) is 19.4 Å². The molecule has 0 fully saturated rings. The van der Waals surface area contributed by atoms with Crippen molar-refractivity contribution in [1.29, 1.82) is 0 Å². The van der Waals surface area contributed by atoms with Crippen LogP contribution in [0.1, 0.15) is 23.6 Å².